The van der Waals surface area contributed by atoms with Gasteiger partial charge >= 0.3 is 0 Å². The zero-order valence-corrected chi connectivity index (χ0v) is 21.4. The standard InChI is InChI=1S/C7H8N2O.C5H6N2OS.C4H8N2O.C3H8N2O.C2H6N2O/c8-7(9-10)6-4-2-1-3-5-6;6-5(7-8)4-2-1-3-9-4;5-4(6-7)3-1-2-3;1-2-3(4)5-6;1-2(3)4-5/h1-5,10H,(H2,8,9);1-3,8H,(H2,6,7);3,7H,1-2H2,(H2,5,6);6H,2H2,1H3,(H2,4,5);5H,1H3,(H2,3,4). The summed E-state index contributed by atoms with van der Waals surface area (Å²) in [5.74, 6) is 1.55. The molecule has 1 aliphatic carbocycles. The molecule has 0 saturated heterocycles. The summed E-state index contributed by atoms with van der Waals surface area (Å²) in [4.78, 5) is 0.789. The van der Waals surface area contributed by atoms with Crippen molar-refractivity contribution in [3.63, 3.8) is 0 Å². The molecule has 0 atom stereocenters. The second-order valence-corrected chi connectivity index (χ2v) is 7.75. The first-order valence-corrected chi connectivity index (χ1v) is 11.4. The molecule has 1 aromatic carbocycles. The van der Waals surface area contributed by atoms with Gasteiger partial charge in [-0.3, -0.25) is 0 Å². The maximum atomic E-state index is 8.25. The van der Waals surface area contributed by atoms with Crippen LogP contribution in [-0.4, -0.2) is 55.2 Å². The minimum absolute atomic E-state index is 0.139. The summed E-state index contributed by atoms with van der Waals surface area (Å²) in [5, 5.41) is 55.5. The summed E-state index contributed by atoms with van der Waals surface area (Å²) in [6.45, 7) is 3.31. The molecule has 1 aromatic heterocycles. The third kappa shape index (κ3) is 19.3. The van der Waals surface area contributed by atoms with Crippen LogP contribution in [0.25, 0.3) is 0 Å². The van der Waals surface area contributed by atoms with Gasteiger partial charge in [0.05, 0.1) is 4.88 Å². The van der Waals surface area contributed by atoms with Gasteiger partial charge in [0.15, 0.2) is 11.7 Å². The lowest BCUT2D eigenvalue weighted by molar-refractivity contribution is 0.316. The lowest BCUT2D eigenvalue weighted by atomic mass is 10.2. The van der Waals surface area contributed by atoms with Gasteiger partial charge in [0.1, 0.15) is 17.5 Å². The van der Waals surface area contributed by atoms with Crippen LogP contribution in [0.4, 0.5) is 0 Å². The van der Waals surface area contributed by atoms with Crippen LogP contribution in [0, 0.1) is 5.92 Å². The van der Waals surface area contributed by atoms with Crippen molar-refractivity contribution in [2.24, 2.45) is 60.4 Å². The molecule has 15 nitrogen and oxygen atoms in total. The fraction of sp³-hybridized carbons (Fsp3) is 0.286. The third-order valence-electron chi connectivity index (χ3n) is 3.82. The first-order valence-electron chi connectivity index (χ1n) is 10.5. The molecule has 0 radical (unpaired) electrons. The molecule has 37 heavy (non-hydrogen) atoms. The fourth-order valence-corrected chi connectivity index (χ4v) is 2.29. The Kier molecular flexibility index (Phi) is 20.3. The number of nitrogens with zero attached hydrogens (tertiary/aromatic N) is 5. The van der Waals surface area contributed by atoms with Gasteiger partial charge in [0, 0.05) is 17.9 Å². The number of hydrogen-bond donors (Lipinski definition) is 10. The number of amidine groups is 5. The molecule has 206 valence electrons. The molecule has 0 unspecified atom stereocenters. The van der Waals surface area contributed by atoms with Gasteiger partial charge in [0.25, 0.3) is 0 Å². The highest BCUT2D eigenvalue weighted by atomic mass is 32.1. The highest BCUT2D eigenvalue weighted by molar-refractivity contribution is 7.12. The second kappa shape index (κ2) is 21.8. The number of oxime groups is 5. The van der Waals surface area contributed by atoms with E-state index in [1.807, 2.05) is 36.6 Å². The number of thiophene rings is 1. The average molecular weight is 541 g/mol. The lowest BCUT2D eigenvalue weighted by Gasteiger charge is -1.94. The normalized spacial score (nSPS) is 13.7. The van der Waals surface area contributed by atoms with Gasteiger partial charge in [-0.25, -0.2) is 0 Å². The molecule has 1 heterocycles. The molecule has 1 saturated carbocycles. The Labute approximate surface area is 218 Å². The smallest absolute Gasteiger partial charge is 0.180 e. The van der Waals surface area contributed by atoms with Crippen molar-refractivity contribution >= 4 is 40.5 Å². The van der Waals surface area contributed by atoms with Crippen molar-refractivity contribution in [2.45, 2.75) is 33.1 Å². The summed E-state index contributed by atoms with van der Waals surface area (Å²) in [6.07, 6.45) is 2.79. The number of benzene rings is 1. The van der Waals surface area contributed by atoms with Crippen molar-refractivity contribution in [1.29, 1.82) is 0 Å². The van der Waals surface area contributed by atoms with E-state index in [0.29, 0.717) is 18.2 Å². The van der Waals surface area contributed by atoms with Gasteiger partial charge < -0.3 is 54.7 Å². The monoisotopic (exact) mass is 540 g/mol. The Bertz CT molecular complexity index is 988. The van der Waals surface area contributed by atoms with E-state index in [2.05, 4.69) is 25.8 Å². The van der Waals surface area contributed by atoms with Crippen molar-refractivity contribution < 1.29 is 26.0 Å². The number of rotatable bonds is 4. The lowest BCUT2D eigenvalue weighted by Crippen LogP contribution is -2.12. The summed E-state index contributed by atoms with van der Waals surface area (Å²) >= 11 is 1.44. The van der Waals surface area contributed by atoms with Gasteiger partial charge in [0.2, 0.25) is 0 Å². The maximum Gasteiger partial charge on any atom is 0.180 e. The Morgan fingerprint density at radius 1 is 0.784 bits per heavy atom. The van der Waals surface area contributed by atoms with Crippen molar-refractivity contribution in [3.8, 4) is 0 Å². The van der Waals surface area contributed by atoms with Crippen LogP contribution in [0.2, 0.25) is 0 Å². The summed E-state index contributed by atoms with van der Waals surface area (Å²) in [6, 6.07) is 12.7. The van der Waals surface area contributed by atoms with Crippen LogP contribution in [0.1, 0.15) is 43.6 Å². The van der Waals surface area contributed by atoms with E-state index in [9.17, 15) is 0 Å². The molecule has 0 aliphatic heterocycles. The molecular formula is C21H36N10O5S. The first kappa shape index (κ1) is 34.4. The third-order valence-corrected chi connectivity index (χ3v) is 4.71. The first-order chi connectivity index (χ1) is 17.6. The van der Waals surface area contributed by atoms with Crippen LogP contribution in [0.15, 0.2) is 73.6 Å². The van der Waals surface area contributed by atoms with E-state index in [0.717, 1.165) is 23.3 Å². The minimum Gasteiger partial charge on any atom is -0.409 e. The average Bonchev–Trinajstić information content (AvgIpc) is 3.66. The van der Waals surface area contributed by atoms with E-state index < -0.39 is 0 Å². The SMILES string of the molecule is CC(N)=NO.CCC(N)=NO.NC(=NO)C1CC1.NC(=NO)c1ccccc1.NC(=NO)c1cccs1. The zero-order chi connectivity index (χ0) is 28.6. The van der Waals surface area contributed by atoms with Crippen LogP contribution < -0.4 is 28.7 Å². The van der Waals surface area contributed by atoms with E-state index >= 15 is 0 Å². The Balaban J connectivity index is 0. The highest BCUT2D eigenvalue weighted by Crippen LogP contribution is 2.28. The molecule has 3 rings (SSSR count). The second-order valence-electron chi connectivity index (χ2n) is 6.80. The molecule has 15 N–H and O–H groups in total. The summed E-state index contributed by atoms with van der Waals surface area (Å²) in [5.41, 5.74) is 26.2. The Morgan fingerprint density at radius 2 is 1.32 bits per heavy atom. The van der Waals surface area contributed by atoms with Gasteiger partial charge in [-0.1, -0.05) is 69.1 Å². The molecular weight excluding hydrogens is 504 g/mol. The zero-order valence-electron chi connectivity index (χ0n) is 20.6. The van der Waals surface area contributed by atoms with Crippen molar-refractivity contribution in [3.05, 3.63) is 58.3 Å². The van der Waals surface area contributed by atoms with E-state index in [1.165, 1.54) is 18.3 Å². The molecule has 16 heteroatoms. The Hall–Kier alpha value is -4.73. The predicted molar refractivity (Wildman–Crippen MR) is 145 cm³/mol. The maximum absolute atomic E-state index is 8.25. The van der Waals surface area contributed by atoms with Crippen molar-refractivity contribution in [1.82, 2.24) is 0 Å². The number of hydrogen-bond acceptors (Lipinski definition) is 11. The highest BCUT2D eigenvalue weighted by Gasteiger charge is 2.25. The summed E-state index contributed by atoms with van der Waals surface area (Å²) < 4.78 is 0. The largest absolute Gasteiger partial charge is 0.409 e. The van der Waals surface area contributed by atoms with Gasteiger partial charge in [-0.05, 0) is 31.2 Å². The molecule has 2 aromatic rings. The van der Waals surface area contributed by atoms with Crippen LogP contribution >= 0.6 is 11.3 Å². The predicted octanol–water partition coefficient (Wildman–Crippen LogP) is 1.66. The van der Waals surface area contributed by atoms with Crippen molar-refractivity contribution in [2.75, 3.05) is 0 Å². The molecule has 1 fully saturated rings. The van der Waals surface area contributed by atoms with Gasteiger partial charge in [-0.2, -0.15) is 0 Å². The van der Waals surface area contributed by atoms with E-state index in [1.54, 1.807) is 18.2 Å². The quantitative estimate of drug-likeness (QED) is 0.116. The number of nitrogens with two attached hydrogens (primary N) is 5. The van der Waals surface area contributed by atoms with Crippen LogP contribution in [-0.2, 0) is 0 Å². The van der Waals surface area contributed by atoms with E-state index in [4.69, 9.17) is 54.7 Å². The Morgan fingerprint density at radius 3 is 1.59 bits per heavy atom. The molecule has 0 amide bonds. The molecule has 0 spiro atoms. The van der Waals surface area contributed by atoms with Crippen LogP contribution in [0.3, 0.4) is 0 Å². The summed E-state index contributed by atoms with van der Waals surface area (Å²) in [7, 11) is 0. The fourth-order valence-electron chi connectivity index (χ4n) is 1.67. The topological polar surface area (TPSA) is 293 Å². The molecule has 0 bridgehead atoms. The van der Waals surface area contributed by atoms with Crippen LogP contribution in [0.5, 0.6) is 0 Å². The van der Waals surface area contributed by atoms with E-state index in [-0.39, 0.29) is 23.3 Å². The minimum atomic E-state index is 0.139. The van der Waals surface area contributed by atoms with Gasteiger partial charge in [-0.15, -0.1) is 11.3 Å². The molecule has 1 aliphatic rings.